The van der Waals surface area contributed by atoms with Gasteiger partial charge in [0, 0.05) is 31.8 Å². The number of hydrogen-bond acceptors (Lipinski definition) is 4. The molecule has 0 radical (unpaired) electrons. The number of aliphatic imine (C=N–C) groups is 1. The molecule has 1 unspecified atom stereocenters. The van der Waals surface area contributed by atoms with Crippen molar-refractivity contribution >= 4 is 16.9 Å². The van der Waals surface area contributed by atoms with Gasteiger partial charge in [-0.05, 0) is 12.8 Å². The van der Waals surface area contributed by atoms with Crippen molar-refractivity contribution in [1.29, 1.82) is 0 Å². The molecule has 0 bridgehead atoms. The lowest BCUT2D eigenvalue weighted by molar-refractivity contribution is 0.570. The van der Waals surface area contributed by atoms with E-state index >= 15 is 0 Å². The van der Waals surface area contributed by atoms with Gasteiger partial charge in [-0.25, -0.2) is 0 Å². The Labute approximate surface area is 106 Å². The highest BCUT2D eigenvalue weighted by Crippen LogP contribution is 2.15. The van der Waals surface area contributed by atoms with Crippen LogP contribution in [0.25, 0.3) is 0 Å². The molecule has 2 rings (SSSR count). The summed E-state index contributed by atoms with van der Waals surface area (Å²) in [7, 11) is 1.96. The highest BCUT2D eigenvalue weighted by atomic mass is 32.2. The Bertz CT molecular complexity index is 387. The van der Waals surface area contributed by atoms with Gasteiger partial charge in [-0.15, -0.1) is 10.2 Å². The second-order valence-corrected chi connectivity index (χ2v) is 5.27. The zero-order valence-electron chi connectivity index (χ0n) is 10.4. The fourth-order valence-electron chi connectivity index (χ4n) is 1.77. The Morgan fingerprint density at radius 2 is 2.53 bits per heavy atom. The molecule has 17 heavy (non-hydrogen) atoms. The van der Waals surface area contributed by atoms with Crippen molar-refractivity contribution in [3.05, 3.63) is 12.2 Å². The molecule has 1 aromatic heterocycles. The molecule has 0 amide bonds. The maximum atomic E-state index is 4.58. The molecule has 1 fully saturated rings. The lowest BCUT2D eigenvalue weighted by Crippen LogP contribution is -2.37. The zero-order valence-corrected chi connectivity index (χ0v) is 11.2. The monoisotopic (exact) mass is 253 g/mol. The van der Waals surface area contributed by atoms with Gasteiger partial charge in [-0.3, -0.25) is 4.99 Å². The first-order valence-corrected chi connectivity index (χ1v) is 7.04. The number of amidine groups is 1. The van der Waals surface area contributed by atoms with Gasteiger partial charge in [0.05, 0.1) is 0 Å². The number of thioether (sulfide) groups is 1. The van der Waals surface area contributed by atoms with Crippen LogP contribution < -0.4 is 5.32 Å². The Hall–Kier alpha value is -1.04. The van der Waals surface area contributed by atoms with Crippen LogP contribution in [0.4, 0.5) is 0 Å². The lowest BCUT2D eigenvalue weighted by atomic mass is 10.2. The fraction of sp³-hybridized carbons (Fsp3) is 0.727. The van der Waals surface area contributed by atoms with Gasteiger partial charge in [0.2, 0.25) is 0 Å². The molecule has 1 N–H and O–H groups in total. The normalized spacial score (nSPS) is 22.7. The predicted octanol–water partition coefficient (Wildman–Crippen LogP) is 1.22. The molecule has 0 saturated carbocycles. The minimum atomic E-state index is 0.602. The third-order valence-electron chi connectivity index (χ3n) is 2.92. The quantitative estimate of drug-likeness (QED) is 0.876. The van der Waals surface area contributed by atoms with Gasteiger partial charge in [-0.2, -0.15) is 0 Å². The summed E-state index contributed by atoms with van der Waals surface area (Å²) in [5, 5.41) is 12.5. The Balaban J connectivity index is 1.82. The lowest BCUT2D eigenvalue weighted by Gasteiger charge is -2.24. The van der Waals surface area contributed by atoms with E-state index in [1.54, 1.807) is 6.33 Å². The Morgan fingerprint density at radius 1 is 1.65 bits per heavy atom. The second kappa shape index (κ2) is 6.05. The van der Waals surface area contributed by atoms with Crippen LogP contribution in [0.2, 0.25) is 0 Å². The summed E-state index contributed by atoms with van der Waals surface area (Å²) in [5.41, 5.74) is 0. The molecule has 1 aliphatic rings. The van der Waals surface area contributed by atoms with Crippen LogP contribution in [0.15, 0.2) is 11.3 Å². The number of nitrogens with one attached hydrogen (secondary N) is 1. The molecule has 0 spiro atoms. The van der Waals surface area contributed by atoms with Gasteiger partial charge < -0.3 is 9.88 Å². The van der Waals surface area contributed by atoms with Gasteiger partial charge in [0.1, 0.15) is 12.2 Å². The number of nitrogens with zero attached hydrogens (tertiary/aromatic N) is 4. The van der Waals surface area contributed by atoms with Crippen molar-refractivity contribution in [2.45, 2.75) is 32.2 Å². The van der Waals surface area contributed by atoms with Crippen molar-refractivity contribution < 1.29 is 0 Å². The van der Waals surface area contributed by atoms with Crippen molar-refractivity contribution in [3.8, 4) is 0 Å². The van der Waals surface area contributed by atoms with Crippen LogP contribution in [0.1, 0.15) is 25.6 Å². The predicted molar refractivity (Wildman–Crippen MR) is 71.3 cm³/mol. The highest BCUT2D eigenvalue weighted by Gasteiger charge is 2.15. The molecule has 1 saturated heterocycles. The summed E-state index contributed by atoms with van der Waals surface area (Å²) < 4.78 is 1.94. The Morgan fingerprint density at radius 3 is 3.24 bits per heavy atom. The molecule has 1 atom stereocenters. The van der Waals surface area contributed by atoms with E-state index in [1.165, 1.54) is 18.6 Å². The smallest absolute Gasteiger partial charge is 0.156 e. The average Bonchev–Trinajstić information content (AvgIpc) is 2.76. The van der Waals surface area contributed by atoms with Gasteiger partial charge in [0.15, 0.2) is 5.17 Å². The van der Waals surface area contributed by atoms with Crippen molar-refractivity contribution in [3.63, 3.8) is 0 Å². The molecule has 6 heteroatoms. The molecule has 94 valence electrons. The number of aryl methyl sites for hydroxylation is 1. The minimum absolute atomic E-state index is 0.602. The average molecular weight is 253 g/mol. The van der Waals surface area contributed by atoms with Gasteiger partial charge in [-0.1, -0.05) is 18.7 Å². The number of rotatable bonds is 4. The number of aromatic nitrogens is 3. The zero-order chi connectivity index (χ0) is 12.1. The van der Waals surface area contributed by atoms with E-state index in [0.717, 1.165) is 24.0 Å². The van der Waals surface area contributed by atoms with Crippen LogP contribution in [-0.4, -0.2) is 38.3 Å². The standard InChI is InChI=1S/C11H19N5S/c1-3-9-5-7-17-11(14-9)12-6-4-10-15-13-8-16(10)2/h8-9H,3-7H2,1-2H3,(H,12,14). The first kappa shape index (κ1) is 12.4. The van der Waals surface area contributed by atoms with Crippen LogP contribution in [-0.2, 0) is 13.5 Å². The van der Waals surface area contributed by atoms with E-state index in [2.05, 4.69) is 27.4 Å². The minimum Gasteiger partial charge on any atom is -0.362 e. The van der Waals surface area contributed by atoms with Gasteiger partial charge >= 0.3 is 0 Å². The van der Waals surface area contributed by atoms with Crippen LogP contribution >= 0.6 is 11.8 Å². The summed E-state index contributed by atoms with van der Waals surface area (Å²) in [4.78, 5) is 4.58. The molecule has 1 aromatic rings. The van der Waals surface area contributed by atoms with Crippen LogP contribution in [0.5, 0.6) is 0 Å². The molecule has 0 aliphatic carbocycles. The second-order valence-electron chi connectivity index (χ2n) is 4.18. The van der Waals surface area contributed by atoms with E-state index in [1.807, 2.05) is 23.4 Å². The van der Waals surface area contributed by atoms with E-state index < -0.39 is 0 Å². The largest absolute Gasteiger partial charge is 0.362 e. The van der Waals surface area contributed by atoms with E-state index in [4.69, 9.17) is 0 Å². The third-order valence-corrected chi connectivity index (χ3v) is 3.88. The SMILES string of the molecule is CCC1CCSC(=NCCc2nncn2C)N1. The summed E-state index contributed by atoms with van der Waals surface area (Å²) in [6.45, 7) is 2.99. The van der Waals surface area contributed by atoms with Crippen molar-refractivity contribution in [1.82, 2.24) is 20.1 Å². The summed E-state index contributed by atoms with van der Waals surface area (Å²) in [5.74, 6) is 2.16. The number of hydrogen-bond donors (Lipinski definition) is 1. The molecule has 1 aliphatic heterocycles. The fourth-order valence-corrected chi connectivity index (χ4v) is 2.80. The van der Waals surface area contributed by atoms with Gasteiger partial charge in [0.25, 0.3) is 0 Å². The maximum Gasteiger partial charge on any atom is 0.156 e. The van der Waals surface area contributed by atoms with Crippen LogP contribution in [0.3, 0.4) is 0 Å². The summed E-state index contributed by atoms with van der Waals surface area (Å²) in [6, 6.07) is 0.602. The highest BCUT2D eigenvalue weighted by molar-refractivity contribution is 8.13. The van der Waals surface area contributed by atoms with E-state index in [0.29, 0.717) is 6.04 Å². The molecule has 0 aromatic carbocycles. The summed E-state index contributed by atoms with van der Waals surface area (Å²) >= 11 is 1.82. The van der Waals surface area contributed by atoms with Crippen LogP contribution in [0, 0.1) is 0 Å². The summed E-state index contributed by atoms with van der Waals surface area (Å²) in [6.07, 6.45) is 4.98. The molecular weight excluding hydrogens is 234 g/mol. The van der Waals surface area contributed by atoms with Crippen molar-refractivity contribution in [2.75, 3.05) is 12.3 Å². The molecule has 5 nitrogen and oxygen atoms in total. The third kappa shape index (κ3) is 3.46. The van der Waals surface area contributed by atoms with Crippen molar-refractivity contribution in [2.24, 2.45) is 12.0 Å². The maximum absolute atomic E-state index is 4.58. The Kier molecular flexibility index (Phi) is 4.42. The van der Waals surface area contributed by atoms with E-state index in [-0.39, 0.29) is 0 Å². The van der Waals surface area contributed by atoms with E-state index in [9.17, 15) is 0 Å². The molecular formula is C11H19N5S. The first-order valence-electron chi connectivity index (χ1n) is 6.06. The topological polar surface area (TPSA) is 55.1 Å². The first-order chi connectivity index (χ1) is 8.29. The molecule has 2 heterocycles.